The first-order valence-electron chi connectivity index (χ1n) is 6.08. The molecule has 1 aliphatic carbocycles. The summed E-state index contributed by atoms with van der Waals surface area (Å²) in [6.07, 6.45) is 4.12. The number of rotatable bonds is 4. The number of carbonyl (C=O) groups excluding carboxylic acids is 1. The maximum Gasteiger partial charge on any atom is 0.407 e. The third kappa shape index (κ3) is 4.10. The summed E-state index contributed by atoms with van der Waals surface area (Å²) in [6.45, 7) is 7.22. The summed E-state index contributed by atoms with van der Waals surface area (Å²) in [5, 5.41) is 2.74. The van der Waals surface area contributed by atoms with E-state index in [9.17, 15) is 4.79 Å². The first kappa shape index (κ1) is 12.3. The monoisotopic (exact) mass is 213 g/mol. The molecule has 1 saturated carbocycles. The van der Waals surface area contributed by atoms with Gasteiger partial charge in [0.1, 0.15) is 6.10 Å². The molecular weight excluding hydrogens is 190 g/mol. The number of nitrogens with one attached hydrogen (secondary N) is 1. The largest absolute Gasteiger partial charge is 0.446 e. The zero-order chi connectivity index (χ0) is 11.3. The van der Waals surface area contributed by atoms with Crippen molar-refractivity contribution < 1.29 is 9.53 Å². The van der Waals surface area contributed by atoms with Gasteiger partial charge in [-0.3, -0.25) is 0 Å². The zero-order valence-electron chi connectivity index (χ0n) is 10.1. The molecule has 2 atom stereocenters. The van der Waals surface area contributed by atoms with Crippen LogP contribution in [-0.2, 0) is 4.74 Å². The summed E-state index contributed by atoms with van der Waals surface area (Å²) in [5.41, 5.74) is 0. The van der Waals surface area contributed by atoms with E-state index in [1.54, 1.807) is 0 Å². The van der Waals surface area contributed by atoms with Crippen molar-refractivity contribution in [2.75, 3.05) is 6.54 Å². The van der Waals surface area contributed by atoms with Crippen LogP contribution in [0.15, 0.2) is 0 Å². The lowest BCUT2D eigenvalue weighted by molar-refractivity contribution is 0.0973. The molecule has 3 heteroatoms. The van der Waals surface area contributed by atoms with Crippen molar-refractivity contribution in [3.63, 3.8) is 0 Å². The first-order valence-corrected chi connectivity index (χ1v) is 6.08. The number of ether oxygens (including phenoxy) is 1. The SMILES string of the molecule is CCCNC(=O)O[C@@H]1CC[C@@H](C(C)C)C1. The van der Waals surface area contributed by atoms with Gasteiger partial charge in [-0.1, -0.05) is 20.8 Å². The van der Waals surface area contributed by atoms with E-state index in [1.807, 2.05) is 6.92 Å². The summed E-state index contributed by atoms with van der Waals surface area (Å²) >= 11 is 0. The molecule has 0 saturated heterocycles. The topological polar surface area (TPSA) is 38.3 Å². The minimum atomic E-state index is -0.244. The van der Waals surface area contributed by atoms with Crippen LogP contribution in [0.25, 0.3) is 0 Å². The maximum atomic E-state index is 11.3. The smallest absolute Gasteiger partial charge is 0.407 e. The van der Waals surface area contributed by atoms with Crippen LogP contribution in [0.2, 0.25) is 0 Å². The molecule has 0 aliphatic heterocycles. The molecule has 1 aliphatic rings. The molecule has 0 aromatic heterocycles. The lowest BCUT2D eigenvalue weighted by Gasteiger charge is -2.15. The van der Waals surface area contributed by atoms with Crippen LogP contribution in [-0.4, -0.2) is 18.7 Å². The Labute approximate surface area is 92.6 Å². The van der Waals surface area contributed by atoms with Crippen molar-refractivity contribution in [3.05, 3.63) is 0 Å². The molecule has 0 bridgehead atoms. The lowest BCUT2D eigenvalue weighted by Crippen LogP contribution is -2.28. The maximum absolute atomic E-state index is 11.3. The minimum Gasteiger partial charge on any atom is -0.446 e. The Hall–Kier alpha value is -0.730. The average molecular weight is 213 g/mol. The van der Waals surface area contributed by atoms with E-state index in [0.717, 1.165) is 25.2 Å². The molecule has 0 radical (unpaired) electrons. The van der Waals surface area contributed by atoms with Crippen molar-refractivity contribution in [2.45, 2.75) is 52.6 Å². The molecule has 0 spiro atoms. The van der Waals surface area contributed by atoms with Crippen LogP contribution in [0.5, 0.6) is 0 Å². The third-order valence-corrected chi connectivity index (χ3v) is 3.16. The van der Waals surface area contributed by atoms with Gasteiger partial charge in [-0.15, -0.1) is 0 Å². The molecule has 3 nitrogen and oxygen atoms in total. The summed E-state index contributed by atoms with van der Waals surface area (Å²) < 4.78 is 5.34. The van der Waals surface area contributed by atoms with Crippen LogP contribution in [0.3, 0.4) is 0 Å². The van der Waals surface area contributed by atoms with E-state index < -0.39 is 0 Å². The highest BCUT2D eigenvalue weighted by molar-refractivity contribution is 5.67. The number of hydrogen-bond acceptors (Lipinski definition) is 2. The number of hydrogen-bond donors (Lipinski definition) is 1. The van der Waals surface area contributed by atoms with Gasteiger partial charge in [0.15, 0.2) is 0 Å². The average Bonchev–Trinajstić information content (AvgIpc) is 2.63. The fraction of sp³-hybridized carbons (Fsp3) is 0.917. The molecule has 0 aromatic carbocycles. The van der Waals surface area contributed by atoms with Crippen LogP contribution in [0.1, 0.15) is 46.5 Å². The number of alkyl carbamates (subject to hydrolysis) is 1. The molecule has 1 fully saturated rings. The molecule has 0 unspecified atom stereocenters. The van der Waals surface area contributed by atoms with E-state index in [4.69, 9.17) is 4.74 Å². The van der Waals surface area contributed by atoms with Crippen molar-refractivity contribution >= 4 is 6.09 Å². The van der Waals surface area contributed by atoms with Gasteiger partial charge >= 0.3 is 6.09 Å². The molecule has 1 N–H and O–H groups in total. The highest BCUT2D eigenvalue weighted by atomic mass is 16.6. The number of carbonyl (C=O) groups is 1. The predicted octanol–water partition coefficient (Wildman–Crippen LogP) is 2.95. The molecule has 15 heavy (non-hydrogen) atoms. The van der Waals surface area contributed by atoms with E-state index >= 15 is 0 Å². The number of amides is 1. The third-order valence-electron chi connectivity index (χ3n) is 3.16. The van der Waals surface area contributed by atoms with Gasteiger partial charge < -0.3 is 10.1 Å². The second-order valence-corrected chi connectivity index (χ2v) is 4.77. The molecule has 88 valence electrons. The summed E-state index contributed by atoms with van der Waals surface area (Å²) in [5.74, 6) is 1.44. The Morgan fingerprint density at radius 1 is 1.47 bits per heavy atom. The summed E-state index contributed by atoms with van der Waals surface area (Å²) in [6, 6.07) is 0. The fourth-order valence-corrected chi connectivity index (χ4v) is 2.11. The van der Waals surface area contributed by atoms with Gasteiger partial charge in [0.2, 0.25) is 0 Å². The Kier molecular flexibility index (Phi) is 4.92. The minimum absolute atomic E-state index is 0.147. The highest BCUT2D eigenvalue weighted by Gasteiger charge is 2.29. The van der Waals surface area contributed by atoms with Crippen molar-refractivity contribution in [1.82, 2.24) is 5.32 Å². The Bertz CT molecular complexity index is 204. The summed E-state index contributed by atoms with van der Waals surface area (Å²) in [4.78, 5) is 11.3. The second kappa shape index (κ2) is 5.99. The predicted molar refractivity (Wildman–Crippen MR) is 60.7 cm³/mol. The Morgan fingerprint density at radius 2 is 2.20 bits per heavy atom. The fourth-order valence-electron chi connectivity index (χ4n) is 2.11. The van der Waals surface area contributed by atoms with E-state index in [-0.39, 0.29) is 12.2 Å². The second-order valence-electron chi connectivity index (χ2n) is 4.77. The van der Waals surface area contributed by atoms with Crippen LogP contribution in [0.4, 0.5) is 4.79 Å². The highest BCUT2D eigenvalue weighted by Crippen LogP contribution is 2.32. The van der Waals surface area contributed by atoms with E-state index in [0.29, 0.717) is 12.5 Å². The van der Waals surface area contributed by atoms with Gasteiger partial charge in [-0.2, -0.15) is 0 Å². The first-order chi connectivity index (χ1) is 7.13. The van der Waals surface area contributed by atoms with Crippen LogP contribution in [0, 0.1) is 11.8 Å². The molecule has 1 amide bonds. The summed E-state index contributed by atoms with van der Waals surface area (Å²) in [7, 11) is 0. The van der Waals surface area contributed by atoms with E-state index in [2.05, 4.69) is 19.2 Å². The molecule has 0 heterocycles. The molecule has 1 rings (SSSR count). The quantitative estimate of drug-likeness (QED) is 0.779. The van der Waals surface area contributed by atoms with Crippen molar-refractivity contribution in [2.24, 2.45) is 11.8 Å². The van der Waals surface area contributed by atoms with Crippen LogP contribution >= 0.6 is 0 Å². The normalized spacial score (nSPS) is 25.6. The lowest BCUT2D eigenvalue weighted by atomic mass is 9.95. The van der Waals surface area contributed by atoms with Crippen LogP contribution < -0.4 is 5.32 Å². The van der Waals surface area contributed by atoms with Gasteiger partial charge in [0.25, 0.3) is 0 Å². The van der Waals surface area contributed by atoms with Gasteiger partial charge in [0, 0.05) is 6.54 Å². The van der Waals surface area contributed by atoms with Gasteiger partial charge in [0.05, 0.1) is 0 Å². The Morgan fingerprint density at radius 3 is 2.73 bits per heavy atom. The molecular formula is C12H23NO2. The van der Waals surface area contributed by atoms with E-state index in [1.165, 1.54) is 6.42 Å². The molecule has 0 aromatic rings. The Balaban J connectivity index is 2.20. The van der Waals surface area contributed by atoms with Crippen molar-refractivity contribution in [1.29, 1.82) is 0 Å². The van der Waals surface area contributed by atoms with Gasteiger partial charge in [-0.05, 0) is 37.5 Å². The van der Waals surface area contributed by atoms with Gasteiger partial charge in [-0.25, -0.2) is 4.79 Å². The van der Waals surface area contributed by atoms with Crippen molar-refractivity contribution in [3.8, 4) is 0 Å². The zero-order valence-corrected chi connectivity index (χ0v) is 10.1. The standard InChI is InChI=1S/C12H23NO2/c1-4-7-13-12(14)15-11-6-5-10(8-11)9(2)3/h9-11H,4-8H2,1-3H3,(H,13,14)/t10-,11-/m1/s1.